The molecule has 0 radical (unpaired) electrons. The average molecular weight is 496 g/mol. The maximum Gasteiger partial charge on any atom is 0.417 e. The molecule has 3 aromatic heterocycles. The van der Waals surface area contributed by atoms with Crippen molar-refractivity contribution in [1.82, 2.24) is 14.8 Å². The average Bonchev–Trinajstić information content (AvgIpc) is 3.30. The molecule has 0 unspecified atom stereocenters. The number of halogens is 3. The number of carbonyl (C=O) groups is 3. The second kappa shape index (κ2) is 9.63. The van der Waals surface area contributed by atoms with Crippen LogP contribution in [0.4, 0.5) is 18.2 Å². The van der Waals surface area contributed by atoms with Crippen molar-refractivity contribution in [2.24, 2.45) is 0 Å². The number of esters is 2. The highest BCUT2D eigenvalue weighted by Gasteiger charge is 2.31. The number of thiophene rings is 1. The Bertz CT molecular complexity index is 1250. The minimum Gasteiger partial charge on any atom is -0.465 e. The summed E-state index contributed by atoms with van der Waals surface area (Å²) >= 11 is 1.19. The van der Waals surface area contributed by atoms with Crippen LogP contribution in [-0.2, 0) is 20.4 Å². The number of pyridine rings is 1. The topological polar surface area (TPSA) is 112 Å². The zero-order valence-corrected chi connectivity index (χ0v) is 19.3. The van der Waals surface area contributed by atoms with E-state index in [0.29, 0.717) is 11.8 Å². The van der Waals surface area contributed by atoms with E-state index in [2.05, 4.69) is 15.4 Å². The standard InChI is InChI=1S/C21H19F3N4O5S/c1-10-12(3)34-18(17(10)20(31)32-4)27-16(29)9-33-19(30)14-8-26-28(11(14)2)15-6-5-13(7-25-15)21(22,23)24/h5-8H,9H2,1-4H3,(H,27,29). The van der Waals surface area contributed by atoms with Gasteiger partial charge >= 0.3 is 18.1 Å². The molecule has 0 atom stereocenters. The third kappa shape index (κ3) is 5.09. The second-order valence-electron chi connectivity index (χ2n) is 7.06. The smallest absolute Gasteiger partial charge is 0.417 e. The van der Waals surface area contributed by atoms with E-state index in [1.54, 1.807) is 13.8 Å². The van der Waals surface area contributed by atoms with E-state index < -0.39 is 36.2 Å². The largest absolute Gasteiger partial charge is 0.465 e. The number of anilines is 1. The van der Waals surface area contributed by atoms with Gasteiger partial charge in [-0.1, -0.05) is 0 Å². The molecule has 0 saturated carbocycles. The molecule has 0 aliphatic rings. The van der Waals surface area contributed by atoms with E-state index in [-0.39, 0.29) is 27.6 Å². The van der Waals surface area contributed by atoms with Gasteiger partial charge in [0.05, 0.1) is 30.1 Å². The molecule has 0 saturated heterocycles. The molecule has 1 N–H and O–H groups in total. The van der Waals surface area contributed by atoms with E-state index in [1.807, 2.05) is 0 Å². The van der Waals surface area contributed by atoms with Crippen LogP contribution in [0.1, 0.15) is 42.4 Å². The van der Waals surface area contributed by atoms with E-state index in [4.69, 9.17) is 9.47 Å². The van der Waals surface area contributed by atoms with Crippen LogP contribution in [0.15, 0.2) is 24.5 Å². The van der Waals surface area contributed by atoms with E-state index in [9.17, 15) is 27.6 Å². The van der Waals surface area contributed by atoms with Crippen LogP contribution in [0.5, 0.6) is 0 Å². The lowest BCUT2D eigenvalue weighted by molar-refractivity contribution is -0.137. The summed E-state index contributed by atoms with van der Waals surface area (Å²) in [5, 5.41) is 6.78. The Balaban J connectivity index is 1.67. The van der Waals surface area contributed by atoms with Crippen LogP contribution >= 0.6 is 11.3 Å². The molecule has 3 rings (SSSR count). The number of carbonyl (C=O) groups excluding carboxylic acids is 3. The molecule has 180 valence electrons. The van der Waals surface area contributed by atoms with Crippen molar-refractivity contribution in [2.45, 2.75) is 26.9 Å². The third-order valence-corrected chi connectivity index (χ3v) is 6.01. The van der Waals surface area contributed by atoms with Gasteiger partial charge < -0.3 is 14.8 Å². The Morgan fingerprint density at radius 1 is 1.12 bits per heavy atom. The predicted molar refractivity (Wildman–Crippen MR) is 115 cm³/mol. The molecule has 0 spiro atoms. The second-order valence-corrected chi connectivity index (χ2v) is 8.29. The summed E-state index contributed by atoms with van der Waals surface area (Å²) in [6, 6.07) is 1.97. The number of hydrogen-bond donors (Lipinski definition) is 1. The molecule has 1 amide bonds. The lowest BCUT2D eigenvalue weighted by atomic mass is 10.1. The Kier molecular flexibility index (Phi) is 7.05. The van der Waals surface area contributed by atoms with Crippen molar-refractivity contribution in [3.63, 3.8) is 0 Å². The first-order valence-electron chi connectivity index (χ1n) is 9.67. The van der Waals surface area contributed by atoms with Crippen LogP contribution < -0.4 is 5.32 Å². The molecular formula is C21H19F3N4O5S. The number of amides is 1. The molecule has 9 nitrogen and oxygen atoms in total. The number of aromatic nitrogens is 3. The minimum atomic E-state index is -4.53. The summed E-state index contributed by atoms with van der Waals surface area (Å²) < 4.78 is 49.1. The molecule has 0 aromatic carbocycles. The quantitative estimate of drug-likeness (QED) is 0.516. The highest BCUT2D eigenvalue weighted by Crippen LogP contribution is 2.33. The van der Waals surface area contributed by atoms with Crippen LogP contribution in [0.2, 0.25) is 0 Å². The monoisotopic (exact) mass is 496 g/mol. The first kappa shape index (κ1) is 24.9. The van der Waals surface area contributed by atoms with Gasteiger partial charge in [-0.15, -0.1) is 11.3 Å². The molecule has 13 heteroatoms. The fraction of sp³-hybridized carbons (Fsp3) is 0.286. The SMILES string of the molecule is COC(=O)c1c(NC(=O)COC(=O)c2cnn(-c3ccc(C(F)(F)F)cn3)c2C)sc(C)c1C. The van der Waals surface area contributed by atoms with Crippen molar-refractivity contribution < 1.29 is 37.0 Å². The van der Waals surface area contributed by atoms with Gasteiger partial charge in [-0.2, -0.15) is 18.3 Å². The predicted octanol–water partition coefficient (Wildman–Crippen LogP) is 3.85. The lowest BCUT2D eigenvalue weighted by Crippen LogP contribution is -2.22. The van der Waals surface area contributed by atoms with Gasteiger partial charge in [0.15, 0.2) is 12.4 Å². The zero-order chi connectivity index (χ0) is 25.2. The molecule has 0 fully saturated rings. The van der Waals surface area contributed by atoms with Crippen molar-refractivity contribution in [3.8, 4) is 5.82 Å². The van der Waals surface area contributed by atoms with Gasteiger partial charge in [-0.05, 0) is 38.5 Å². The van der Waals surface area contributed by atoms with Crippen LogP contribution in [0.25, 0.3) is 5.82 Å². The van der Waals surface area contributed by atoms with Gasteiger partial charge in [0, 0.05) is 11.1 Å². The van der Waals surface area contributed by atoms with Gasteiger partial charge in [0.2, 0.25) is 0 Å². The maximum absolute atomic E-state index is 12.7. The first-order chi connectivity index (χ1) is 15.9. The number of hydrogen-bond acceptors (Lipinski definition) is 8. The number of ether oxygens (including phenoxy) is 2. The van der Waals surface area contributed by atoms with E-state index in [1.165, 1.54) is 30.1 Å². The number of alkyl halides is 3. The Labute approximate surface area is 195 Å². The van der Waals surface area contributed by atoms with Crippen molar-refractivity contribution in [1.29, 1.82) is 0 Å². The fourth-order valence-corrected chi connectivity index (χ4v) is 4.02. The summed E-state index contributed by atoms with van der Waals surface area (Å²) in [6.45, 7) is 4.37. The molecule has 3 heterocycles. The highest BCUT2D eigenvalue weighted by molar-refractivity contribution is 7.16. The molecule has 0 bridgehead atoms. The third-order valence-electron chi connectivity index (χ3n) is 4.88. The molecule has 3 aromatic rings. The van der Waals surface area contributed by atoms with Crippen LogP contribution in [0.3, 0.4) is 0 Å². The molecule has 0 aliphatic heterocycles. The molecule has 34 heavy (non-hydrogen) atoms. The Morgan fingerprint density at radius 2 is 1.82 bits per heavy atom. The van der Waals surface area contributed by atoms with E-state index in [0.717, 1.165) is 23.2 Å². The van der Waals surface area contributed by atoms with Crippen molar-refractivity contribution in [2.75, 3.05) is 19.0 Å². The van der Waals surface area contributed by atoms with Crippen molar-refractivity contribution >= 4 is 34.2 Å². The van der Waals surface area contributed by atoms with Gasteiger partial charge in [-0.3, -0.25) is 4.79 Å². The number of rotatable bonds is 6. The van der Waals surface area contributed by atoms with Crippen LogP contribution in [0, 0.1) is 20.8 Å². The van der Waals surface area contributed by atoms with Crippen LogP contribution in [-0.4, -0.2) is 46.3 Å². The summed E-state index contributed by atoms with van der Waals surface area (Å²) in [5.41, 5.74) is 0.246. The van der Waals surface area contributed by atoms with Gasteiger partial charge in [0.25, 0.3) is 5.91 Å². The Hall–Kier alpha value is -3.74. The highest BCUT2D eigenvalue weighted by atomic mass is 32.1. The Morgan fingerprint density at radius 3 is 2.41 bits per heavy atom. The van der Waals surface area contributed by atoms with Gasteiger partial charge in [-0.25, -0.2) is 19.3 Å². The summed E-state index contributed by atoms with van der Waals surface area (Å²) in [5.74, 6) is -2.07. The fourth-order valence-electron chi connectivity index (χ4n) is 2.95. The van der Waals surface area contributed by atoms with E-state index >= 15 is 0 Å². The molecule has 0 aliphatic carbocycles. The number of methoxy groups -OCH3 is 1. The van der Waals surface area contributed by atoms with Crippen molar-refractivity contribution in [3.05, 3.63) is 57.4 Å². The maximum atomic E-state index is 12.7. The minimum absolute atomic E-state index is 0.00700. The summed E-state index contributed by atoms with van der Waals surface area (Å²) in [4.78, 5) is 41.3. The van der Waals surface area contributed by atoms with Gasteiger partial charge in [0.1, 0.15) is 10.6 Å². The normalized spacial score (nSPS) is 11.3. The molecular weight excluding hydrogens is 477 g/mol. The number of nitrogens with one attached hydrogen (secondary N) is 1. The summed E-state index contributed by atoms with van der Waals surface area (Å²) in [6.07, 6.45) is -2.70. The first-order valence-corrected chi connectivity index (χ1v) is 10.5. The number of aryl methyl sites for hydroxylation is 1. The number of nitrogens with zero attached hydrogens (tertiary/aromatic N) is 3. The summed E-state index contributed by atoms with van der Waals surface area (Å²) in [7, 11) is 1.23. The zero-order valence-electron chi connectivity index (χ0n) is 18.4. The lowest BCUT2D eigenvalue weighted by Gasteiger charge is -2.09.